The molecule has 0 aliphatic rings. The van der Waals surface area contributed by atoms with Crippen LogP contribution in [-0.2, 0) is 12.8 Å². The van der Waals surface area contributed by atoms with Gasteiger partial charge < -0.3 is 0 Å². The summed E-state index contributed by atoms with van der Waals surface area (Å²) in [5.41, 5.74) is 2.49. The summed E-state index contributed by atoms with van der Waals surface area (Å²) in [6, 6.07) is 4.24. The lowest BCUT2D eigenvalue weighted by Gasteiger charge is -1.96. The van der Waals surface area contributed by atoms with Gasteiger partial charge in [0.25, 0.3) is 0 Å². The molecular formula is C10H17N. The molecule has 1 heteroatoms. The van der Waals surface area contributed by atoms with E-state index in [9.17, 15) is 0 Å². The molecule has 1 rings (SSSR count). The molecule has 11 heavy (non-hydrogen) atoms. The fourth-order valence-corrected chi connectivity index (χ4v) is 0.873. The molecule has 0 saturated carbocycles. The maximum atomic E-state index is 4.27. The highest BCUT2D eigenvalue weighted by Gasteiger charge is 1.89. The van der Waals surface area contributed by atoms with Crippen LogP contribution in [0.25, 0.3) is 0 Å². The maximum absolute atomic E-state index is 4.27. The molecule has 0 spiro atoms. The van der Waals surface area contributed by atoms with Crippen LogP contribution in [0.4, 0.5) is 0 Å². The summed E-state index contributed by atoms with van der Waals surface area (Å²) < 4.78 is 0. The van der Waals surface area contributed by atoms with E-state index in [-0.39, 0.29) is 7.43 Å². The molecule has 0 bridgehead atoms. The second kappa shape index (κ2) is 4.89. The van der Waals surface area contributed by atoms with E-state index in [1.54, 1.807) is 0 Å². The molecule has 1 aromatic rings. The number of nitrogens with zero attached hydrogens (tertiary/aromatic N) is 1. The quantitative estimate of drug-likeness (QED) is 0.633. The van der Waals surface area contributed by atoms with E-state index in [0.29, 0.717) is 0 Å². The van der Waals surface area contributed by atoms with Crippen molar-refractivity contribution in [2.75, 3.05) is 0 Å². The van der Waals surface area contributed by atoms with Crippen molar-refractivity contribution in [2.45, 2.75) is 34.1 Å². The van der Waals surface area contributed by atoms with E-state index in [2.05, 4.69) is 31.0 Å². The fourth-order valence-electron chi connectivity index (χ4n) is 0.873. The fraction of sp³-hybridized carbons (Fsp3) is 0.500. The molecule has 0 radical (unpaired) electrons. The Labute approximate surface area is 69.5 Å². The van der Waals surface area contributed by atoms with Gasteiger partial charge in [-0.25, -0.2) is 0 Å². The Morgan fingerprint density at radius 1 is 1.18 bits per heavy atom. The lowest BCUT2D eigenvalue weighted by molar-refractivity contribution is 1.00. The van der Waals surface area contributed by atoms with Gasteiger partial charge in [-0.2, -0.15) is 0 Å². The molecule has 0 fully saturated rings. The van der Waals surface area contributed by atoms with Gasteiger partial charge in [0, 0.05) is 11.9 Å². The molecule has 1 aromatic heterocycles. The molecule has 0 aliphatic carbocycles. The zero-order valence-electron chi connectivity index (χ0n) is 6.59. The highest BCUT2D eigenvalue weighted by Crippen LogP contribution is 2.00. The van der Waals surface area contributed by atoms with Gasteiger partial charge in [0.15, 0.2) is 0 Å². The van der Waals surface area contributed by atoms with Gasteiger partial charge in [-0.15, -0.1) is 0 Å². The first-order chi connectivity index (χ1) is 4.86. The number of pyridine rings is 1. The van der Waals surface area contributed by atoms with Crippen molar-refractivity contribution in [3.63, 3.8) is 0 Å². The molecular weight excluding hydrogens is 134 g/mol. The van der Waals surface area contributed by atoms with Gasteiger partial charge in [-0.05, 0) is 24.5 Å². The van der Waals surface area contributed by atoms with E-state index in [1.165, 1.54) is 11.3 Å². The average molecular weight is 151 g/mol. The Morgan fingerprint density at radius 3 is 2.27 bits per heavy atom. The van der Waals surface area contributed by atoms with Crippen molar-refractivity contribution in [3.05, 3.63) is 29.6 Å². The zero-order valence-corrected chi connectivity index (χ0v) is 6.59. The Balaban J connectivity index is 0.000001000. The van der Waals surface area contributed by atoms with Crippen molar-refractivity contribution in [2.24, 2.45) is 0 Å². The van der Waals surface area contributed by atoms with Crippen LogP contribution in [0.3, 0.4) is 0 Å². The van der Waals surface area contributed by atoms with E-state index in [0.717, 1.165) is 12.8 Å². The lowest BCUT2D eigenvalue weighted by atomic mass is 10.2. The molecule has 0 saturated heterocycles. The minimum Gasteiger partial charge on any atom is -0.261 e. The Kier molecular flexibility index (Phi) is 4.51. The van der Waals surface area contributed by atoms with E-state index in [4.69, 9.17) is 0 Å². The Morgan fingerprint density at radius 2 is 1.91 bits per heavy atom. The number of hydrogen-bond donors (Lipinski definition) is 0. The van der Waals surface area contributed by atoms with Crippen LogP contribution in [-0.4, -0.2) is 4.98 Å². The molecule has 1 nitrogen and oxygen atoms in total. The van der Waals surface area contributed by atoms with Crippen LogP contribution in [0.2, 0.25) is 0 Å². The first-order valence-electron chi connectivity index (χ1n) is 3.80. The molecule has 0 aromatic carbocycles. The van der Waals surface area contributed by atoms with Gasteiger partial charge in [0.1, 0.15) is 0 Å². The van der Waals surface area contributed by atoms with Crippen molar-refractivity contribution in [1.82, 2.24) is 4.98 Å². The standard InChI is InChI=1S/C9H13N.CH4/c1-3-8-5-6-9(4-2)10-7-8;/h5-7H,3-4H2,1-2H3;1H4. The van der Waals surface area contributed by atoms with Crippen LogP contribution in [0.1, 0.15) is 32.5 Å². The van der Waals surface area contributed by atoms with Crippen molar-refractivity contribution in [3.8, 4) is 0 Å². The van der Waals surface area contributed by atoms with Crippen LogP contribution < -0.4 is 0 Å². The second-order valence-corrected chi connectivity index (χ2v) is 2.36. The molecule has 0 atom stereocenters. The predicted molar refractivity (Wildman–Crippen MR) is 49.7 cm³/mol. The zero-order chi connectivity index (χ0) is 7.40. The van der Waals surface area contributed by atoms with Crippen LogP contribution in [0.5, 0.6) is 0 Å². The monoisotopic (exact) mass is 151 g/mol. The van der Waals surface area contributed by atoms with Gasteiger partial charge in [-0.1, -0.05) is 27.3 Å². The van der Waals surface area contributed by atoms with Crippen molar-refractivity contribution >= 4 is 0 Å². The summed E-state index contributed by atoms with van der Waals surface area (Å²) in [4.78, 5) is 4.27. The Bertz CT molecular complexity index is 166. The SMILES string of the molecule is C.CCc1ccc(CC)nc1. The third-order valence-electron chi connectivity index (χ3n) is 1.66. The van der Waals surface area contributed by atoms with E-state index < -0.39 is 0 Å². The minimum atomic E-state index is 0. The third kappa shape index (κ3) is 2.71. The third-order valence-corrected chi connectivity index (χ3v) is 1.66. The van der Waals surface area contributed by atoms with Crippen molar-refractivity contribution < 1.29 is 0 Å². The van der Waals surface area contributed by atoms with Crippen LogP contribution >= 0.6 is 0 Å². The molecule has 0 amide bonds. The summed E-state index contributed by atoms with van der Waals surface area (Å²) in [5, 5.41) is 0. The second-order valence-electron chi connectivity index (χ2n) is 2.36. The average Bonchev–Trinajstić information content (AvgIpc) is 2.05. The van der Waals surface area contributed by atoms with E-state index in [1.807, 2.05) is 6.20 Å². The molecule has 1 heterocycles. The summed E-state index contributed by atoms with van der Waals surface area (Å²) in [7, 11) is 0. The van der Waals surface area contributed by atoms with Gasteiger partial charge in [0.2, 0.25) is 0 Å². The first kappa shape index (κ1) is 10.2. The highest BCUT2D eigenvalue weighted by atomic mass is 14.7. The summed E-state index contributed by atoms with van der Waals surface area (Å²) >= 11 is 0. The number of aromatic nitrogens is 1. The van der Waals surface area contributed by atoms with Crippen LogP contribution in [0.15, 0.2) is 18.3 Å². The lowest BCUT2D eigenvalue weighted by Crippen LogP contribution is -1.87. The minimum absolute atomic E-state index is 0. The highest BCUT2D eigenvalue weighted by molar-refractivity contribution is 5.13. The summed E-state index contributed by atoms with van der Waals surface area (Å²) in [6.07, 6.45) is 4.07. The summed E-state index contributed by atoms with van der Waals surface area (Å²) in [5.74, 6) is 0. The normalized spacial score (nSPS) is 8.91. The molecule has 0 aliphatic heterocycles. The largest absolute Gasteiger partial charge is 0.261 e. The Hall–Kier alpha value is -0.850. The van der Waals surface area contributed by atoms with Crippen molar-refractivity contribution in [1.29, 1.82) is 0 Å². The van der Waals surface area contributed by atoms with E-state index >= 15 is 0 Å². The van der Waals surface area contributed by atoms with Gasteiger partial charge in [-0.3, -0.25) is 4.98 Å². The predicted octanol–water partition coefficient (Wildman–Crippen LogP) is 2.84. The number of rotatable bonds is 2. The van der Waals surface area contributed by atoms with Gasteiger partial charge >= 0.3 is 0 Å². The first-order valence-corrected chi connectivity index (χ1v) is 3.80. The van der Waals surface area contributed by atoms with Crippen LogP contribution in [0, 0.1) is 0 Å². The molecule has 62 valence electrons. The summed E-state index contributed by atoms with van der Waals surface area (Å²) in [6.45, 7) is 4.26. The molecule has 0 N–H and O–H groups in total. The van der Waals surface area contributed by atoms with Gasteiger partial charge in [0.05, 0.1) is 0 Å². The topological polar surface area (TPSA) is 12.9 Å². The number of hydrogen-bond acceptors (Lipinski definition) is 1. The number of aryl methyl sites for hydroxylation is 2. The maximum Gasteiger partial charge on any atom is 0.0401 e. The molecule has 0 unspecified atom stereocenters. The smallest absolute Gasteiger partial charge is 0.0401 e.